The van der Waals surface area contributed by atoms with Crippen molar-refractivity contribution in [2.75, 3.05) is 11.9 Å². The zero-order chi connectivity index (χ0) is 20.9. The van der Waals surface area contributed by atoms with E-state index in [9.17, 15) is 22.4 Å². The van der Waals surface area contributed by atoms with Crippen molar-refractivity contribution in [3.05, 3.63) is 58.3 Å². The summed E-state index contributed by atoms with van der Waals surface area (Å²) in [5.41, 5.74) is 1.49. The monoisotopic (exact) mass is 471 g/mol. The van der Waals surface area contributed by atoms with Crippen molar-refractivity contribution >= 4 is 43.5 Å². The van der Waals surface area contributed by atoms with Crippen LogP contribution >= 0.6 is 15.9 Å². The molecule has 0 fully saturated rings. The van der Waals surface area contributed by atoms with Crippen LogP contribution in [0, 0.1) is 12.7 Å². The molecule has 1 atom stereocenters. The SMILES string of the molecule is Cc1cc(NC(=O)CNC(=O)[C@H](C)NS(=O)(=O)c2ccccc2F)ccc1Br. The molecule has 2 aromatic rings. The summed E-state index contributed by atoms with van der Waals surface area (Å²) in [6.45, 7) is 2.81. The Bertz CT molecular complexity index is 998. The molecular formula is C18H19BrFN3O4S. The van der Waals surface area contributed by atoms with Crippen molar-refractivity contribution in [2.45, 2.75) is 24.8 Å². The van der Waals surface area contributed by atoms with Gasteiger partial charge in [0.05, 0.1) is 12.6 Å². The lowest BCUT2D eigenvalue weighted by Gasteiger charge is -2.15. The number of carbonyl (C=O) groups excluding carboxylic acids is 2. The lowest BCUT2D eigenvalue weighted by Crippen LogP contribution is -2.46. The number of carbonyl (C=O) groups is 2. The fourth-order valence-corrected chi connectivity index (χ4v) is 3.79. The minimum Gasteiger partial charge on any atom is -0.346 e. The number of halogens is 2. The standard InChI is InChI=1S/C18H19BrFN3O4S/c1-11-9-13(7-8-14(11)19)22-17(24)10-21-18(25)12(2)23-28(26,27)16-6-4-3-5-15(16)20/h3-9,12,23H,10H2,1-2H3,(H,21,25)(H,22,24)/t12-/m0/s1. The van der Waals surface area contributed by atoms with Gasteiger partial charge < -0.3 is 10.6 Å². The maximum atomic E-state index is 13.7. The van der Waals surface area contributed by atoms with Crippen LogP contribution in [0.2, 0.25) is 0 Å². The van der Waals surface area contributed by atoms with Crippen LogP contribution < -0.4 is 15.4 Å². The van der Waals surface area contributed by atoms with Gasteiger partial charge in [0.2, 0.25) is 21.8 Å². The topological polar surface area (TPSA) is 104 Å². The molecule has 2 amide bonds. The molecule has 0 spiro atoms. The zero-order valence-electron chi connectivity index (χ0n) is 15.1. The maximum absolute atomic E-state index is 13.7. The van der Waals surface area contributed by atoms with E-state index < -0.39 is 38.6 Å². The summed E-state index contributed by atoms with van der Waals surface area (Å²) in [5, 5.41) is 4.96. The summed E-state index contributed by atoms with van der Waals surface area (Å²) in [6, 6.07) is 8.86. The second kappa shape index (κ2) is 9.26. The molecule has 0 aromatic heterocycles. The maximum Gasteiger partial charge on any atom is 0.244 e. The lowest BCUT2D eigenvalue weighted by molar-refractivity contribution is -0.125. The second-order valence-corrected chi connectivity index (χ2v) is 8.54. The Kier molecular flexibility index (Phi) is 7.28. The third-order valence-corrected chi connectivity index (χ3v) is 6.18. The highest BCUT2D eigenvalue weighted by atomic mass is 79.9. The summed E-state index contributed by atoms with van der Waals surface area (Å²) in [4.78, 5) is 23.5. The van der Waals surface area contributed by atoms with Crippen LogP contribution in [-0.4, -0.2) is 32.8 Å². The largest absolute Gasteiger partial charge is 0.346 e. The lowest BCUT2D eigenvalue weighted by atomic mass is 10.2. The Labute approximate surface area is 170 Å². The van der Waals surface area contributed by atoms with Crippen LogP contribution in [-0.2, 0) is 19.6 Å². The van der Waals surface area contributed by atoms with E-state index in [-0.39, 0.29) is 6.54 Å². The van der Waals surface area contributed by atoms with Gasteiger partial charge in [0, 0.05) is 10.2 Å². The minimum absolute atomic E-state index is 0.348. The average Bonchev–Trinajstić information content (AvgIpc) is 2.62. The molecule has 0 aliphatic carbocycles. The molecule has 0 unspecified atom stereocenters. The molecule has 0 saturated carbocycles. The molecule has 0 aliphatic heterocycles. The Morgan fingerprint density at radius 3 is 2.50 bits per heavy atom. The number of rotatable bonds is 7. The first kappa shape index (κ1) is 22.0. The van der Waals surface area contributed by atoms with Crippen molar-refractivity contribution in [1.29, 1.82) is 0 Å². The summed E-state index contributed by atoms with van der Waals surface area (Å²) >= 11 is 3.36. The fraction of sp³-hybridized carbons (Fsp3) is 0.222. The number of aryl methyl sites for hydroxylation is 1. The highest BCUT2D eigenvalue weighted by molar-refractivity contribution is 9.10. The van der Waals surface area contributed by atoms with Crippen molar-refractivity contribution in [3.63, 3.8) is 0 Å². The van der Waals surface area contributed by atoms with Crippen LogP contribution in [0.3, 0.4) is 0 Å². The van der Waals surface area contributed by atoms with Gasteiger partial charge in [0.1, 0.15) is 10.7 Å². The smallest absolute Gasteiger partial charge is 0.244 e. The van der Waals surface area contributed by atoms with Crippen molar-refractivity contribution in [1.82, 2.24) is 10.0 Å². The zero-order valence-corrected chi connectivity index (χ0v) is 17.5. The van der Waals surface area contributed by atoms with E-state index in [1.165, 1.54) is 19.1 Å². The molecule has 3 N–H and O–H groups in total. The van der Waals surface area contributed by atoms with Crippen LogP contribution in [0.1, 0.15) is 12.5 Å². The molecule has 0 saturated heterocycles. The summed E-state index contributed by atoms with van der Waals surface area (Å²) in [6.07, 6.45) is 0. The van der Waals surface area contributed by atoms with E-state index in [0.29, 0.717) is 5.69 Å². The average molecular weight is 472 g/mol. The van der Waals surface area contributed by atoms with Crippen molar-refractivity contribution in [3.8, 4) is 0 Å². The summed E-state index contributed by atoms with van der Waals surface area (Å²) in [5.74, 6) is -2.12. The number of nitrogens with one attached hydrogen (secondary N) is 3. The second-order valence-electron chi connectivity index (χ2n) is 6.00. The highest BCUT2D eigenvalue weighted by Crippen LogP contribution is 2.19. The Balaban J connectivity index is 1.90. The van der Waals surface area contributed by atoms with Gasteiger partial charge >= 0.3 is 0 Å². The predicted molar refractivity (Wildman–Crippen MR) is 107 cm³/mol. The number of benzene rings is 2. The predicted octanol–water partition coefficient (Wildman–Crippen LogP) is 2.32. The van der Waals surface area contributed by atoms with Gasteiger partial charge in [-0.15, -0.1) is 0 Å². The molecule has 28 heavy (non-hydrogen) atoms. The normalized spacial score (nSPS) is 12.3. The molecule has 150 valence electrons. The molecule has 7 nitrogen and oxygen atoms in total. The summed E-state index contributed by atoms with van der Waals surface area (Å²) in [7, 11) is -4.22. The Morgan fingerprint density at radius 2 is 1.86 bits per heavy atom. The van der Waals surface area contributed by atoms with Crippen LogP contribution in [0.5, 0.6) is 0 Å². The number of anilines is 1. The molecule has 0 aliphatic rings. The van der Waals surface area contributed by atoms with E-state index in [1.807, 2.05) is 6.92 Å². The Morgan fingerprint density at radius 1 is 1.18 bits per heavy atom. The first-order valence-corrected chi connectivity index (χ1v) is 10.5. The van der Waals surface area contributed by atoms with E-state index in [2.05, 4.69) is 31.3 Å². The number of amides is 2. The van der Waals surface area contributed by atoms with E-state index in [0.717, 1.165) is 22.2 Å². The first-order chi connectivity index (χ1) is 13.1. The molecule has 2 rings (SSSR count). The number of hydrogen-bond donors (Lipinski definition) is 3. The third kappa shape index (κ3) is 5.85. The molecular weight excluding hydrogens is 453 g/mol. The van der Waals surface area contributed by atoms with Crippen LogP contribution in [0.25, 0.3) is 0 Å². The van der Waals surface area contributed by atoms with E-state index in [4.69, 9.17) is 0 Å². The van der Waals surface area contributed by atoms with Gasteiger partial charge in [-0.2, -0.15) is 4.72 Å². The van der Waals surface area contributed by atoms with Crippen molar-refractivity contribution in [2.24, 2.45) is 0 Å². The molecule has 0 radical (unpaired) electrons. The molecule has 10 heteroatoms. The molecule has 2 aromatic carbocycles. The van der Waals surface area contributed by atoms with E-state index >= 15 is 0 Å². The quantitative estimate of drug-likeness (QED) is 0.576. The van der Waals surface area contributed by atoms with Gasteiger partial charge in [-0.05, 0) is 49.7 Å². The summed E-state index contributed by atoms with van der Waals surface area (Å²) < 4.78 is 41.0. The minimum atomic E-state index is -4.22. The van der Waals surface area contributed by atoms with Gasteiger partial charge in [-0.3, -0.25) is 9.59 Å². The van der Waals surface area contributed by atoms with Crippen molar-refractivity contribution < 1.29 is 22.4 Å². The number of hydrogen-bond acceptors (Lipinski definition) is 4. The molecule has 0 bridgehead atoms. The van der Waals surface area contributed by atoms with Gasteiger partial charge in [-0.1, -0.05) is 28.1 Å². The van der Waals surface area contributed by atoms with E-state index in [1.54, 1.807) is 18.2 Å². The van der Waals surface area contributed by atoms with Gasteiger partial charge in [-0.25, -0.2) is 12.8 Å². The third-order valence-electron chi connectivity index (χ3n) is 3.72. The fourth-order valence-electron chi connectivity index (χ4n) is 2.26. The van der Waals surface area contributed by atoms with Crippen LogP contribution in [0.4, 0.5) is 10.1 Å². The first-order valence-electron chi connectivity index (χ1n) is 8.20. The highest BCUT2D eigenvalue weighted by Gasteiger charge is 2.24. The Hall–Kier alpha value is -2.30. The van der Waals surface area contributed by atoms with Gasteiger partial charge in [0.25, 0.3) is 0 Å². The van der Waals surface area contributed by atoms with Gasteiger partial charge in [0.15, 0.2) is 0 Å². The number of sulfonamides is 1. The molecule has 0 heterocycles. The van der Waals surface area contributed by atoms with Crippen LogP contribution in [0.15, 0.2) is 51.8 Å².